The summed E-state index contributed by atoms with van der Waals surface area (Å²) in [6, 6.07) is 10.2. The zero-order chi connectivity index (χ0) is 20.8. The summed E-state index contributed by atoms with van der Waals surface area (Å²) in [5.74, 6) is -1.51. The van der Waals surface area contributed by atoms with Crippen LogP contribution in [0.4, 0.5) is 5.69 Å². The van der Waals surface area contributed by atoms with E-state index in [0.717, 1.165) is 11.8 Å². The minimum absolute atomic E-state index is 0.0375. The number of nitrogens with one attached hydrogen (secondary N) is 3. The first-order valence-corrected chi connectivity index (χ1v) is 10.0. The second-order valence-corrected chi connectivity index (χ2v) is 7.44. The van der Waals surface area contributed by atoms with Crippen LogP contribution >= 0.6 is 23.1 Å². The van der Waals surface area contributed by atoms with Crippen molar-refractivity contribution in [1.82, 2.24) is 5.32 Å². The maximum Gasteiger partial charge on any atom is 0.287 e. The molecule has 0 unspecified atom stereocenters. The smallest absolute Gasteiger partial charge is 0.287 e. The van der Waals surface area contributed by atoms with E-state index in [1.807, 2.05) is 0 Å². The van der Waals surface area contributed by atoms with Gasteiger partial charge in [-0.05, 0) is 23.6 Å². The van der Waals surface area contributed by atoms with Crippen LogP contribution in [0.25, 0.3) is 0 Å². The average molecular weight is 429 g/mol. The number of nitrogens with zero attached hydrogens (tertiary/aromatic N) is 2. The largest absolute Gasteiger partial charge is 0.497 e. The summed E-state index contributed by atoms with van der Waals surface area (Å²) in [5, 5.41) is 14.8. The molecule has 1 aliphatic heterocycles. The summed E-state index contributed by atoms with van der Waals surface area (Å²) in [7, 11) is 1.53. The molecule has 2 aromatic rings. The van der Waals surface area contributed by atoms with Crippen molar-refractivity contribution in [3.63, 3.8) is 0 Å². The average Bonchev–Trinajstić information content (AvgIpc) is 3.24. The van der Waals surface area contributed by atoms with Crippen LogP contribution in [0.2, 0.25) is 0 Å². The lowest BCUT2D eigenvalue weighted by Crippen LogP contribution is -2.43. The normalized spacial score (nSPS) is 14.9. The Morgan fingerprint density at radius 3 is 2.86 bits per heavy atom. The molecular formula is C18H15N5O4S2. The fourth-order valence-corrected chi connectivity index (χ4v) is 3.48. The number of ether oxygens (including phenoxy) is 1. The number of thiophene rings is 1. The Kier molecular flexibility index (Phi) is 6.52. The van der Waals surface area contributed by atoms with Crippen molar-refractivity contribution in [2.45, 2.75) is 0 Å². The van der Waals surface area contributed by atoms with E-state index in [4.69, 9.17) is 10.1 Å². The van der Waals surface area contributed by atoms with E-state index in [1.54, 1.807) is 41.8 Å². The molecule has 2 heterocycles. The molecule has 0 spiro atoms. The molecule has 11 heteroatoms. The Morgan fingerprint density at radius 1 is 1.34 bits per heavy atom. The minimum atomic E-state index is -0.717. The molecule has 1 aromatic carbocycles. The van der Waals surface area contributed by atoms with Crippen LogP contribution in [0.1, 0.15) is 9.67 Å². The highest BCUT2D eigenvalue weighted by atomic mass is 32.2. The van der Waals surface area contributed by atoms with Crippen LogP contribution in [0.5, 0.6) is 5.75 Å². The van der Waals surface area contributed by atoms with Gasteiger partial charge in [0.1, 0.15) is 5.75 Å². The van der Waals surface area contributed by atoms with Gasteiger partial charge in [0, 0.05) is 11.8 Å². The number of aliphatic imine (C=N–C) groups is 2. The van der Waals surface area contributed by atoms with E-state index in [-0.39, 0.29) is 22.5 Å². The Balaban J connectivity index is 1.59. The van der Waals surface area contributed by atoms with Crippen LogP contribution < -0.4 is 15.4 Å². The Bertz CT molecular complexity index is 1030. The van der Waals surface area contributed by atoms with Gasteiger partial charge in [0.15, 0.2) is 16.7 Å². The highest BCUT2D eigenvalue weighted by Gasteiger charge is 2.26. The number of amidine groups is 2. The van der Waals surface area contributed by atoms with Crippen molar-refractivity contribution in [3.05, 3.63) is 46.7 Å². The van der Waals surface area contributed by atoms with Crippen molar-refractivity contribution >= 4 is 63.2 Å². The molecule has 0 radical (unpaired) electrons. The molecule has 0 saturated heterocycles. The van der Waals surface area contributed by atoms with E-state index in [0.29, 0.717) is 16.3 Å². The maximum atomic E-state index is 12.2. The number of rotatable bonds is 5. The number of anilines is 1. The second kappa shape index (κ2) is 9.26. The standard InChI is InChI=1S/C18H15N5O4S2/c1-27-11-5-2-4-10(8-11)20-13(24)9-29-18-22-15(19)14(17(26)23-18)21-16(25)12-6-3-7-28-12/h2-8H,9H2,1H3,(H,20,24)(H2,19,22,23,26). The molecule has 1 aromatic heterocycles. The fourth-order valence-electron chi connectivity index (χ4n) is 2.21. The minimum Gasteiger partial charge on any atom is -0.497 e. The lowest BCUT2D eigenvalue weighted by molar-refractivity contribution is -0.114. The topological polar surface area (TPSA) is 133 Å². The lowest BCUT2D eigenvalue weighted by Gasteiger charge is -2.14. The molecule has 0 saturated carbocycles. The number of hydrogen-bond acceptors (Lipinski definition) is 7. The van der Waals surface area contributed by atoms with E-state index >= 15 is 0 Å². The van der Waals surface area contributed by atoms with E-state index < -0.39 is 17.6 Å². The predicted molar refractivity (Wildman–Crippen MR) is 113 cm³/mol. The van der Waals surface area contributed by atoms with Gasteiger partial charge in [-0.1, -0.05) is 23.9 Å². The number of amides is 3. The molecule has 148 valence electrons. The number of methoxy groups -OCH3 is 1. The highest BCUT2D eigenvalue weighted by Crippen LogP contribution is 2.17. The van der Waals surface area contributed by atoms with Crippen molar-refractivity contribution in [3.8, 4) is 5.75 Å². The first-order chi connectivity index (χ1) is 14.0. The van der Waals surface area contributed by atoms with E-state index in [1.165, 1.54) is 18.4 Å². The number of hydrogen-bond donors (Lipinski definition) is 3. The van der Waals surface area contributed by atoms with Crippen molar-refractivity contribution in [2.24, 2.45) is 9.98 Å². The number of benzene rings is 1. The zero-order valence-electron chi connectivity index (χ0n) is 15.1. The zero-order valence-corrected chi connectivity index (χ0v) is 16.7. The summed E-state index contributed by atoms with van der Waals surface area (Å²) in [5.41, 5.74) is 0.201. The van der Waals surface area contributed by atoms with Gasteiger partial charge < -0.3 is 10.1 Å². The monoisotopic (exact) mass is 429 g/mol. The first kappa shape index (κ1) is 20.4. The van der Waals surface area contributed by atoms with Gasteiger partial charge in [-0.15, -0.1) is 11.3 Å². The quantitative estimate of drug-likeness (QED) is 0.670. The summed E-state index contributed by atoms with van der Waals surface area (Å²) < 4.78 is 5.09. The third kappa shape index (κ3) is 5.36. The highest BCUT2D eigenvalue weighted by molar-refractivity contribution is 8.14. The molecule has 0 fully saturated rings. The molecular weight excluding hydrogens is 414 g/mol. The summed E-state index contributed by atoms with van der Waals surface area (Å²) in [4.78, 5) is 44.2. The predicted octanol–water partition coefficient (Wildman–Crippen LogP) is 2.17. The molecule has 0 atom stereocenters. The fraction of sp³-hybridized carbons (Fsp3) is 0.111. The maximum absolute atomic E-state index is 12.2. The summed E-state index contributed by atoms with van der Waals surface area (Å²) in [6.07, 6.45) is 0. The van der Waals surface area contributed by atoms with Gasteiger partial charge in [0.05, 0.1) is 17.7 Å². The van der Waals surface area contributed by atoms with Gasteiger partial charge >= 0.3 is 0 Å². The van der Waals surface area contributed by atoms with Gasteiger partial charge in [-0.2, -0.15) is 4.99 Å². The number of carbonyl (C=O) groups is 3. The molecule has 0 aliphatic carbocycles. The van der Waals surface area contributed by atoms with E-state index in [2.05, 4.69) is 20.6 Å². The SMILES string of the molecule is COc1cccc(NC(=O)CSC2=NC(=N)C(=NC(=O)c3cccs3)C(=O)N2)c1. The lowest BCUT2D eigenvalue weighted by atomic mass is 10.3. The number of thioether (sulfide) groups is 1. The molecule has 9 nitrogen and oxygen atoms in total. The van der Waals surface area contributed by atoms with Crippen LogP contribution in [-0.2, 0) is 9.59 Å². The van der Waals surface area contributed by atoms with Crippen LogP contribution in [0.3, 0.4) is 0 Å². The molecule has 3 rings (SSSR count). The van der Waals surface area contributed by atoms with Crippen LogP contribution in [0, 0.1) is 5.41 Å². The van der Waals surface area contributed by atoms with Gasteiger partial charge in [0.2, 0.25) is 5.91 Å². The van der Waals surface area contributed by atoms with Crippen molar-refractivity contribution in [2.75, 3.05) is 18.2 Å². The summed E-state index contributed by atoms with van der Waals surface area (Å²) in [6.45, 7) is 0. The molecule has 29 heavy (non-hydrogen) atoms. The van der Waals surface area contributed by atoms with Gasteiger partial charge in [-0.3, -0.25) is 25.1 Å². The van der Waals surface area contributed by atoms with Crippen molar-refractivity contribution < 1.29 is 19.1 Å². The molecule has 0 bridgehead atoms. The van der Waals surface area contributed by atoms with Gasteiger partial charge in [0.25, 0.3) is 11.8 Å². The van der Waals surface area contributed by atoms with E-state index in [9.17, 15) is 14.4 Å². The number of carbonyl (C=O) groups excluding carboxylic acids is 3. The first-order valence-electron chi connectivity index (χ1n) is 8.18. The Morgan fingerprint density at radius 2 is 2.17 bits per heavy atom. The third-order valence-electron chi connectivity index (χ3n) is 3.51. The molecule has 1 aliphatic rings. The molecule has 3 N–H and O–H groups in total. The van der Waals surface area contributed by atoms with Gasteiger partial charge in [-0.25, -0.2) is 4.99 Å². The van der Waals surface area contributed by atoms with Crippen LogP contribution in [0.15, 0.2) is 51.8 Å². The second-order valence-electron chi connectivity index (χ2n) is 5.53. The Hall–Kier alpha value is -3.31. The molecule has 3 amide bonds. The Labute approximate surface area is 173 Å². The third-order valence-corrected chi connectivity index (χ3v) is 5.24. The van der Waals surface area contributed by atoms with Crippen LogP contribution in [-0.4, -0.2) is 47.3 Å². The summed E-state index contributed by atoms with van der Waals surface area (Å²) >= 11 is 2.14. The van der Waals surface area contributed by atoms with Crippen molar-refractivity contribution in [1.29, 1.82) is 5.41 Å².